The summed E-state index contributed by atoms with van der Waals surface area (Å²) in [6.07, 6.45) is 5.40. The topological polar surface area (TPSA) is 34.1 Å². The zero-order valence-corrected chi connectivity index (χ0v) is 8.14. The molecule has 0 unspecified atom stereocenters. The van der Waals surface area contributed by atoms with Gasteiger partial charge in [-0.15, -0.1) is 6.58 Å². The van der Waals surface area contributed by atoms with Gasteiger partial charge in [0.1, 0.15) is 11.6 Å². The van der Waals surface area contributed by atoms with Gasteiger partial charge in [-0.05, 0) is 26.2 Å². The number of hydrogen-bond donors (Lipinski definition) is 0. The van der Waals surface area contributed by atoms with Gasteiger partial charge in [0.25, 0.3) is 0 Å². The number of ketones is 2. The van der Waals surface area contributed by atoms with E-state index in [9.17, 15) is 9.59 Å². The van der Waals surface area contributed by atoms with E-state index in [1.165, 1.54) is 6.92 Å². The van der Waals surface area contributed by atoms with E-state index in [-0.39, 0.29) is 11.6 Å². The third-order valence-corrected chi connectivity index (χ3v) is 2.96. The molecule has 0 N–H and O–H groups in total. The van der Waals surface area contributed by atoms with Crippen LogP contribution >= 0.6 is 0 Å². The molecule has 72 valence electrons. The third kappa shape index (κ3) is 1.71. The van der Waals surface area contributed by atoms with Gasteiger partial charge in [0, 0.05) is 6.42 Å². The van der Waals surface area contributed by atoms with Crippen LogP contribution in [0.3, 0.4) is 0 Å². The van der Waals surface area contributed by atoms with Gasteiger partial charge in [0.15, 0.2) is 0 Å². The van der Waals surface area contributed by atoms with Gasteiger partial charge >= 0.3 is 0 Å². The minimum absolute atomic E-state index is 0.0112. The molecule has 1 atom stereocenters. The highest BCUT2D eigenvalue weighted by Gasteiger charge is 2.42. The van der Waals surface area contributed by atoms with Crippen LogP contribution in [0.4, 0.5) is 0 Å². The van der Waals surface area contributed by atoms with Gasteiger partial charge in [-0.1, -0.05) is 12.5 Å². The molecule has 0 spiro atoms. The Kier molecular flexibility index (Phi) is 3.02. The molecule has 1 rings (SSSR count). The number of carbonyl (C=O) groups excluding carboxylic acids is 2. The van der Waals surface area contributed by atoms with Gasteiger partial charge < -0.3 is 0 Å². The van der Waals surface area contributed by atoms with Gasteiger partial charge in [-0.3, -0.25) is 9.59 Å². The molecule has 0 saturated heterocycles. The van der Waals surface area contributed by atoms with Crippen molar-refractivity contribution in [3.63, 3.8) is 0 Å². The van der Waals surface area contributed by atoms with Crippen LogP contribution < -0.4 is 0 Å². The van der Waals surface area contributed by atoms with Crippen molar-refractivity contribution in [1.82, 2.24) is 0 Å². The molecule has 0 amide bonds. The van der Waals surface area contributed by atoms with E-state index < -0.39 is 5.41 Å². The number of Topliss-reactive ketones (excluding diaryl/α,β-unsaturated/α-hetero) is 2. The first-order valence-electron chi connectivity index (χ1n) is 4.79. The zero-order valence-electron chi connectivity index (χ0n) is 8.14. The second-order valence-corrected chi connectivity index (χ2v) is 3.76. The van der Waals surface area contributed by atoms with E-state index in [0.717, 1.165) is 12.8 Å². The summed E-state index contributed by atoms with van der Waals surface area (Å²) in [5, 5.41) is 0. The monoisotopic (exact) mass is 180 g/mol. The Morgan fingerprint density at radius 1 is 1.62 bits per heavy atom. The van der Waals surface area contributed by atoms with Crippen molar-refractivity contribution in [3.8, 4) is 0 Å². The Hall–Kier alpha value is -0.920. The molecule has 13 heavy (non-hydrogen) atoms. The maximum absolute atomic E-state index is 11.7. The second-order valence-electron chi connectivity index (χ2n) is 3.76. The van der Waals surface area contributed by atoms with Crippen LogP contribution in [0.1, 0.15) is 39.0 Å². The molecule has 1 aliphatic carbocycles. The highest BCUT2D eigenvalue weighted by molar-refractivity contribution is 6.06. The third-order valence-electron chi connectivity index (χ3n) is 2.96. The first-order valence-corrected chi connectivity index (χ1v) is 4.79. The summed E-state index contributed by atoms with van der Waals surface area (Å²) in [5.74, 6) is 0.128. The van der Waals surface area contributed by atoms with Crippen LogP contribution in [0, 0.1) is 5.41 Å². The fourth-order valence-electron chi connectivity index (χ4n) is 2.07. The first-order chi connectivity index (χ1) is 6.13. The molecular formula is C11H16O2. The van der Waals surface area contributed by atoms with Gasteiger partial charge in [0.05, 0.1) is 5.41 Å². The highest BCUT2D eigenvalue weighted by Crippen LogP contribution is 2.37. The van der Waals surface area contributed by atoms with E-state index >= 15 is 0 Å². The van der Waals surface area contributed by atoms with Crippen molar-refractivity contribution in [2.75, 3.05) is 0 Å². The van der Waals surface area contributed by atoms with Crippen LogP contribution in [0.5, 0.6) is 0 Å². The number of rotatable bonds is 3. The van der Waals surface area contributed by atoms with Gasteiger partial charge in [0.2, 0.25) is 0 Å². The number of allylic oxidation sites excluding steroid dienone is 1. The van der Waals surface area contributed by atoms with Crippen molar-refractivity contribution in [1.29, 1.82) is 0 Å². The summed E-state index contributed by atoms with van der Waals surface area (Å²) in [4.78, 5) is 23.1. The second kappa shape index (κ2) is 3.86. The smallest absolute Gasteiger partial charge is 0.146 e. The van der Waals surface area contributed by atoms with E-state index in [0.29, 0.717) is 19.3 Å². The van der Waals surface area contributed by atoms with Crippen molar-refractivity contribution in [3.05, 3.63) is 12.7 Å². The molecule has 0 aromatic rings. The number of carbonyl (C=O) groups is 2. The fourth-order valence-corrected chi connectivity index (χ4v) is 2.07. The summed E-state index contributed by atoms with van der Waals surface area (Å²) in [5.41, 5.74) is -0.708. The average molecular weight is 180 g/mol. The van der Waals surface area contributed by atoms with Crippen molar-refractivity contribution in [2.45, 2.75) is 39.0 Å². The predicted octanol–water partition coefficient (Wildman–Crippen LogP) is 2.28. The lowest BCUT2D eigenvalue weighted by Gasteiger charge is -2.32. The van der Waals surface area contributed by atoms with E-state index in [1.54, 1.807) is 6.08 Å². The maximum Gasteiger partial charge on any atom is 0.146 e. The van der Waals surface area contributed by atoms with E-state index in [2.05, 4.69) is 6.58 Å². The minimum atomic E-state index is -0.708. The lowest BCUT2D eigenvalue weighted by Crippen LogP contribution is -2.39. The van der Waals surface area contributed by atoms with Crippen LogP contribution in [-0.4, -0.2) is 11.6 Å². The molecule has 0 radical (unpaired) electrons. The highest BCUT2D eigenvalue weighted by atomic mass is 16.2. The van der Waals surface area contributed by atoms with Crippen LogP contribution in [0.2, 0.25) is 0 Å². The molecule has 0 aromatic heterocycles. The van der Waals surface area contributed by atoms with Crippen LogP contribution in [0.15, 0.2) is 12.7 Å². The Labute approximate surface area is 79.0 Å². The molecule has 1 saturated carbocycles. The molecule has 0 aliphatic heterocycles. The normalized spacial score (nSPS) is 28.5. The van der Waals surface area contributed by atoms with Crippen LogP contribution in [0.25, 0.3) is 0 Å². The summed E-state index contributed by atoms with van der Waals surface area (Å²) >= 11 is 0. The molecule has 1 aliphatic rings. The summed E-state index contributed by atoms with van der Waals surface area (Å²) in [6.45, 7) is 5.13. The van der Waals surface area contributed by atoms with Gasteiger partial charge in [-0.25, -0.2) is 0 Å². The Morgan fingerprint density at radius 2 is 2.31 bits per heavy atom. The quantitative estimate of drug-likeness (QED) is 0.493. The number of hydrogen-bond acceptors (Lipinski definition) is 2. The molecule has 0 heterocycles. The molecule has 2 heteroatoms. The largest absolute Gasteiger partial charge is 0.299 e. The Morgan fingerprint density at radius 3 is 2.77 bits per heavy atom. The van der Waals surface area contributed by atoms with Crippen molar-refractivity contribution < 1.29 is 9.59 Å². The summed E-state index contributed by atoms with van der Waals surface area (Å²) < 4.78 is 0. The molecule has 1 fully saturated rings. The standard InChI is InChI=1S/C11H16O2/c1-3-7-11(9(2)12)8-5-4-6-10(11)13/h3H,1,4-8H2,2H3/t11-/m1/s1. The minimum Gasteiger partial charge on any atom is -0.299 e. The molecule has 2 nitrogen and oxygen atoms in total. The van der Waals surface area contributed by atoms with E-state index in [1.807, 2.05) is 0 Å². The molecule has 0 aromatic carbocycles. The van der Waals surface area contributed by atoms with Gasteiger partial charge in [-0.2, -0.15) is 0 Å². The Balaban J connectivity index is 2.92. The van der Waals surface area contributed by atoms with Crippen molar-refractivity contribution >= 4 is 11.6 Å². The molecule has 0 bridgehead atoms. The maximum atomic E-state index is 11.7. The predicted molar refractivity (Wildman–Crippen MR) is 51.4 cm³/mol. The SMILES string of the molecule is C=CC[C@]1(C(C)=O)CCCCC1=O. The summed E-state index contributed by atoms with van der Waals surface area (Å²) in [6, 6.07) is 0. The lowest BCUT2D eigenvalue weighted by molar-refractivity contribution is -0.141. The summed E-state index contributed by atoms with van der Waals surface area (Å²) in [7, 11) is 0. The lowest BCUT2D eigenvalue weighted by atomic mass is 9.68. The Bertz CT molecular complexity index is 242. The average Bonchev–Trinajstić information content (AvgIpc) is 2.09. The van der Waals surface area contributed by atoms with E-state index in [4.69, 9.17) is 0 Å². The zero-order chi connectivity index (χ0) is 9.90. The van der Waals surface area contributed by atoms with Crippen molar-refractivity contribution in [2.24, 2.45) is 5.41 Å². The van der Waals surface area contributed by atoms with Crippen LogP contribution in [-0.2, 0) is 9.59 Å². The molecular weight excluding hydrogens is 164 g/mol. The first kappa shape index (κ1) is 10.2. The fraction of sp³-hybridized carbons (Fsp3) is 0.636.